The first-order chi connectivity index (χ1) is 9.31. The van der Waals surface area contributed by atoms with Gasteiger partial charge in [-0.15, -0.1) is 6.58 Å². The minimum Gasteiger partial charge on any atom is -0.103 e. The van der Waals surface area contributed by atoms with E-state index in [4.69, 9.17) is 0 Å². The number of hydrogen-bond acceptors (Lipinski definition) is 0. The van der Waals surface area contributed by atoms with Crippen LogP contribution in [0.2, 0.25) is 0 Å². The van der Waals surface area contributed by atoms with Crippen molar-refractivity contribution in [2.45, 2.75) is 97.3 Å². The van der Waals surface area contributed by atoms with Crippen LogP contribution in [0.25, 0.3) is 0 Å². The Balaban J connectivity index is 3.22. The van der Waals surface area contributed by atoms with E-state index in [1.54, 1.807) is 5.57 Å². The van der Waals surface area contributed by atoms with Crippen molar-refractivity contribution < 1.29 is 0 Å². The molecular weight excluding hydrogens is 228 g/mol. The molecule has 0 saturated carbocycles. The third-order valence-electron chi connectivity index (χ3n) is 3.78. The van der Waals surface area contributed by atoms with Gasteiger partial charge in [0.1, 0.15) is 0 Å². The molecule has 0 rings (SSSR count). The summed E-state index contributed by atoms with van der Waals surface area (Å²) in [6, 6.07) is 0. The van der Waals surface area contributed by atoms with Crippen LogP contribution in [0.15, 0.2) is 24.3 Å². The Morgan fingerprint density at radius 1 is 0.789 bits per heavy atom. The smallest absolute Gasteiger partial charge is 0.0323 e. The van der Waals surface area contributed by atoms with E-state index in [0.29, 0.717) is 0 Å². The Morgan fingerprint density at radius 2 is 1.37 bits per heavy atom. The second-order valence-electron chi connectivity index (χ2n) is 5.85. The summed E-state index contributed by atoms with van der Waals surface area (Å²) in [4.78, 5) is 0. The molecule has 112 valence electrons. The van der Waals surface area contributed by atoms with Crippen molar-refractivity contribution in [3.63, 3.8) is 0 Å². The lowest BCUT2D eigenvalue weighted by Crippen LogP contribution is -1.83. The molecule has 0 unspecified atom stereocenters. The first-order valence-corrected chi connectivity index (χ1v) is 8.57. The molecule has 0 spiro atoms. The zero-order valence-corrected chi connectivity index (χ0v) is 13.6. The molecule has 0 nitrogen and oxygen atoms in total. The maximum Gasteiger partial charge on any atom is -0.0323 e. The average Bonchev–Trinajstić information content (AvgIpc) is 2.42. The number of unbranched alkanes of at least 4 members (excludes halogenated alkanes) is 10. The van der Waals surface area contributed by atoms with Gasteiger partial charge in [0.15, 0.2) is 0 Å². The van der Waals surface area contributed by atoms with E-state index in [9.17, 15) is 0 Å². The summed E-state index contributed by atoms with van der Waals surface area (Å²) in [5, 5.41) is 0. The molecule has 0 aromatic heterocycles. The Bertz CT molecular complexity index is 212. The van der Waals surface area contributed by atoms with E-state index in [2.05, 4.69) is 26.5 Å². The second kappa shape index (κ2) is 15.5. The van der Waals surface area contributed by atoms with Crippen LogP contribution in [0.1, 0.15) is 97.3 Å². The fraction of sp³-hybridized carbons (Fsp3) is 0.789. The molecule has 0 heteroatoms. The normalized spacial score (nSPS) is 11.8. The van der Waals surface area contributed by atoms with Crippen molar-refractivity contribution in [2.75, 3.05) is 0 Å². The largest absolute Gasteiger partial charge is 0.103 e. The van der Waals surface area contributed by atoms with Crippen LogP contribution in [-0.2, 0) is 0 Å². The van der Waals surface area contributed by atoms with E-state index < -0.39 is 0 Å². The Kier molecular flexibility index (Phi) is 15.1. The number of rotatable bonds is 14. The summed E-state index contributed by atoms with van der Waals surface area (Å²) in [5.74, 6) is 0. The third kappa shape index (κ3) is 15.4. The quantitative estimate of drug-likeness (QED) is 0.230. The van der Waals surface area contributed by atoms with Gasteiger partial charge in [-0.3, -0.25) is 0 Å². The summed E-state index contributed by atoms with van der Waals surface area (Å²) >= 11 is 0. The molecule has 0 aliphatic rings. The van der Waals surface area contributed by atoms with Gasteiger partial charge in [0.2, 0.25) is 0 Å². The van der Waals surface area contributed by atoms with Gasteiger partial charge in [-0.2, -0.15) is 0 Å². The number of allylic oxidation sites excluding steroid dienone is 3. The predicted molar refractivity (Wildman–Crippen MR) is 89.6 cm³/mol. The molecule has 0 aliphatic carbocycles. The Hall–Kier alpha value is -0.520. The first-order valence-electron chi connectivity index (χ1n) is 8.57. The van der Waals surface area contributed by atoms with Gasteiger partial charge < -0.3 is 0 Å². The van der Waals surface area contributed by atoms with Gasteiger partial charge in [0.05, 0.1) is 0 Å². The Morgan fingerprint density at radius 3 is 1.95 bits per heavy atom. The molecule has 0 radical (unpaired) electrons. The summed E-state index contributed by atoms with van der Waals surface area (Å²) in [7, 11) is 0. The predicted octanol–water partition coefficient (Wildman–Crippen LogP) is 7.21. The average molecular weight is 264 g/mol. The fourth-order valence-corrected chi connectivity index (χ4v) is 2.43. The molecule has 19 heavy (non-hydrogen) atoms. The molecule has 0 amide bonds. The zero-order valence-electron chi connectivity index (χ0n) is 13.6. The first kappa shape index (κ1) is 18.5. The molecular formula is C19H36. The van der Waals surface area contributed by atoms with Crippen LogP contribution in [-0.4, -0.2) is 0 Å². The lowest BCUT2D eigenvalue weighted by molar-refractivity contribution is 0.564. The molecule has 0 bridgehead atoms. The summed E-state index contributed by atoms with van der Waals surface area (Å²) in [5.41, 5.74) is 1.59. The van der Waals surface area contributed by atoms with Crippen molar-refractivity contribution in [1.82, 2.24) is 0 Å². The highest BCUT2D eigenvalue weighted by Gasteiger charge is 1.94. The fourth-order valence-electron chi connectivity index (χ4n) is 2.43. The van der Waals surface area contributed by atoms with Crippen LogP contribution in [0.3, 0.4) is 0 Å². The van der Waals surface area contributed by atoms with Crippen LogP contribution in [0.4, 0.5) is 0 Å². The second-order valence-corrected chi connectivity index (χ2v) is 5.85. The van der Waals surface area contributed by atoms with Gasteiger partial charge in [-0.25, -0.2) is 0 Å². The van der Waals surface area contributed by atoms with E-state index in [-0.39, 0.29) is 0 Å². The van der Waals surface area contributed by atoms with Gasteiger partial charge >= 0.3 is 0 Å². The highest BCUT2D eigenvalue weighted by atomic mass is 14.0. The molecule has 0 heterocycles. The van der Waals surface area contributed by atoms with E-state index >= 15 is 0 Å². The molecule has 0 aromatic rings. The maximum absolute atomic E-state index is 3.76. The van der Waals surface area contributed by atoms with Crippen molar-refractivity contribution in [1.29, 1.82) is 0 Å². The summed E-state index contributed by atoms with van der Waals surface area (Å²) in [6.45, 7) is 8.33. The van der Waals surface area contributed by atoms with Gasteiger partial charge in [-0.1, -0.05) is 76.0 Å². The van der Waals surface area contributed by atoms with Crippen molar-refractivity contribution in [3.05, 3.63) is 24.3 Å². The molecule has 0 aromatic carbocycles. The standard InChI is InChI=1S/C19H36/c1-4-6-8-10-11-12-13-14-16-18-19(3)17-15-9-7-5-2/h5,17H,2,4,6-16,18H2,1,3H3. The highest BCUT2D eigenvalue weighted by Crippen LogP contribution is 2.13. The van der Waals surface area contributed by atoms with Crippen LogP contribution in [0.5, 0.6) is 0 Å². The minimum atomic E-state index is 1.15. The maximum atomic E-state index is 3.76. The lowest BCUT2D eigenvalue weighted by Gasteiger charge is -2.03. The highest BCUT2D eigenvalue weighted by molar-refractivity contribution is 4.97. The van der Waals surface area contributed by atoms with Crippen molar-refractivity contribution in [3.8, 4) is 0 Å². The van der Waals surface area contributed by atoms with E-state index in [1.807, 2.05) is 6.08 Å². The monoisotopic (exact) mass is 264 g/mol. The Labute approximate surface area is 122 Å². The molecule has 0 N–H and O–H groups in total. The van der Waals surface area contributed by atoms with Gasteiger partial charge in [0.25, 0.3) is 0 Å². The van der Waals surface area contributed by atoms with Gasteiger partial charge in [-0.05, 0) is 39.0 Å². The molecule has 0 aliphatic heterocycles. The number of hydrogen-bond donors (Lipinski definition) is 0. The molecule has 0 fully saturated rings. The summed E-state index contributed by atoms with van der Waals surface area (Å²) in [6.07, 6.45) is 22.2. The van der Waals surface area contributed by atoms with Crippen molar-refractivity contribution in [2.24, 2.45) is 0 Å². The SMILES string of the molecule is C=CCCCC=C(C)CCCCCCCCCCC. The van der Waals surface area contributed by atoms with E-state index in [0.717, 1.165) is 6.42 Å². The molecule has 0 atom stereocenters. The van der Waals surface area contributed by atoms with Crippen LogP contribution >= 0.6 is 0 Å². The zero-order chi connectivity index (χ0) is 14.2. The van der Waals surface area contributed by atoms with Gasteiger partial charge in [0, 0.05) is 0 Å². The van der Waals surface area contributed by atoms with E-state index in [1.165, 1.54) is 77.0 Å². The summed E-state index contributed by atoms with van der Waals surface area (Å²) < 4.78 is 0. The third-order valence-corrected chi connectivity index (χ3v) is 3.78. The lowest BCUT2D eigenvalue weighted by atomic mass is 10.0. The van der Waals surface area contributed by atoms with Crippen LogP contribution < -0.4 is 0 Å². The molecule has 0 saturated heterocycles. The topological polar surface area (TPSA) is 0 Å². The minimum absolute atomic E-state index is 1.15. The van der Waals surface area contributed by atoms with Crippen LogP contribution in [0, 0.1) is 0 Å². The van der Waals surface area contributed by atoms with Crippen molar-refractivity contribution >= 4 is 0 Å².